The molecule has 0 saturated carbocycles. The van der Waals surface area contributed by atoms with E-state index in [1.54, 1.807) is 11.0 Å². The molecular weight excluding hydrogens is 528 g/mol. The first kappa shape index (κ1) is 32.8. The highest BCUT2D eigenvalue weighted by atomic mass is 16.5. The smallest absolute Gasteiger partial charge is 0.309 e. The summed E-state index contributed by atoms with van der Waals surface area (Å²) in [4.78, 5) is 41.5. The van der Waals surface area contributed by atoms with Gasteiger partial charge in [-0.3, -0.25) is 14.4 Å². The highest BCUT2D eigenvalue weighted by molar-refractivity contribution is 5.86. The summed E-state index contributed by atoms with van der Waals surface area (Å²) in [6.45, 7) is 8.10. The largest absolute Gasteiger partial charge is 0.463 e. The molecule has 2 aromatic rings. The van der Waals surface area contributed by atoms with Gasteiger partial charge >= 0.3 is 5.97 Å². The SMILES string of the molecule is C=CCCC[C@H](Cc1ccccc1)C(=O)OC[C@@H]1CCCN1C(=O)[C@H](CC=C)CC(=O)N[C@@H](CO)Cc1ccccc1. The van der Waals surface area contributed by atoms with Crippen molar-refractivity contribution in [3.05, 3.63) is 97.1 Å². The summed E-state index contributed by atoms with van der Waals surface area (Å²) in [6, 6.07) is 18.9. The molecule has 3 rings (SSSR count). The predicted molar refractivity (Wildman–Crippen MR) is 165 cm³/mol. The third-order valence-corrected chi connectivity index (χ3v) is 7.84. The van der Waals surface area contributed by atoms with Crippen LogP contribution < -0.4 is 5.32 Å². The molecule has 1 aliphatic heterocycles. The summed E-state index contributed by atoms with van der Waals surface area (Å²) in [5.74, 6) is -1.47. The lowest BCUT2D eigenvalue weighted by atomic mass is 9.94. The Bertz CT molecular complexity index is 1140. The lowest BCUT2D eigenvalue weighted by molar-refractivity contribution is -0.152. The van der Waals surface area contributed by atoms with Crippen molar-refractivity contribution >= 4 is 17.8 Å². The Morgan fingerprint density at radius 3 is 2.26 bits per heavy atom. The number of esters is 1. The minimum Gasteiger partial charge on any atom is -0.463 e. The van der Waals surface area contributed by atoms with Crippen LogP contribution in [0.2, 0.25) is 0 Å². The van der Waals surface area contributed by atoms with Gasteiger partial charge in [0.1, 0.15) is 6.61 Å². The van der Waals surface area contributed by atoms with Crippen LogP contribution >= 0.6 is 0 Å². The van der Waals surface area contributed by atoms with E-state index in [4.69, 9.17) is 4.74 Å². The van der Waals surface area contributed by atoms with Crippen molar-refractivity contribution < 1.29 is 24.2 Å². The number of aliphatic hydroxyl groups is 1. The Balaban J connectivity index is 1.57. The van der Waals surface area contributed by atoms with Gasteiger partial charge in [-0.2, -0.15) is 0 Å². The summed E-state index contributed by atoms with van der Waals surface area (Å²) in [5, 5.41) is 12.7. The van der Waals surface area contributed by atoms with E-state index in [-0.39, 0.29) is 49.4 Å². The summed E-state index contributed by atoms with van der Waals surface area (Å²) < 4.78 is 5.83. The fraction of sp³-hybridized carbons (Fsp3) is 0.457. The zero-order chi connectivity index (χ0) is 30.2. The number of carbonyl (C=O) groups is 3. The maximum absolute atomic E-state index is 13.6. The molecule has 1 heterocycles. The molecule has 2 aromatic carbocycles. The van der Waals surface area contributed by atoms with Gasteiger partial charge in [0.15, 0.2) is 0 Å². The van der Waals surface area contributed by atoms with E-state index in [2.05, 4.69) is 18.5 Å². The molecule has 1 saturated heterocycles. The molecule has 1 fully saturated rings. The van der Waals surface area contributed by atoms with E-state index < -0.39 is 12.0 Å². The third-order valence-electron chi connectivity index (χ3n) is 7.84. The minimum absolute atomic E-state index is 0.00159. The number of benzene rings is 2. The van der Waals surface area contributed by atoms with E-state index in [0.29, 0.717) is 32.2 Å². The molecule has 0 aromatic heterocycles. The molecule has 2 N–H and O–H groups in total. The normalized spacial score (nSPS) is 16.7. The Hall–Kier alpha value is -3.71. The molecule has 0 radical (unpaired) electrons. The summed E-state index contributed by atoms with van der Waals surface area (Å²) >= 11 is 0. The summed E-state index contributed by atoms with van der Waals surface area (Å²) in [5.41, 5.74) is 2.10. The molecule has 226 valence electrons. The van der Waals surface area contributed by atoms with Crippen LogP contribution in [0.4, 0.5) is 0 Å². The first-order valence-electron chi connectivity index (χ1n) is 15.1. The molecule has 0 spiro atoms. The number of unbranched alkanes of at least 4 members (excludes halogenated alkanes) is 1. The average Bonchev–Trinajstić information content (AvgIpc) is 3.48. The lowest BCUT2D eigenvalue weighted by Crippen LogP contribution is -2.45. The molecule has 2 amide bonds. The van der Waals surface area contributed by atoms with Crippen molar-refractivity contribution in [2.45, 2.75) is 69.9 Å². The Labute approximate surface area is 250 Å². The molecule has 1 aliphatic rings. The number of nitrogens with one attached hydrogen (secondary N) is 1. The van der Waals surface area contributed by atoms with E-state index in [1.807, 2.05) is 66.7 Å². The van der Waals surface area contributed by atoms with E-state index >= 15 is 0 Å². The van der Waals surface area contributed by atoms with Gasteiger partial charge in [-0.25, -0.2) is 0 Å². The van der Waals surface area contributed by atoms with Crippen LogP contribution in [0.15, 0.2) is 86.0 Å². The molecule has 7 heteroatoms. The van der Waals surface area contributed by atoms with E-state index in [9.17, 15) is 19.5 Å². The molecule has 0 unspecified atom stereocenters. The van der Waals surface area contributed by atoms with Crippen LogP contribution in [0.25, 0.3) is 0 Å². The predicted octanol–water partition coefficient (Wildman–Crippen LogP) is 5.04. The topological polar surface area (TPSA) is 95.9 Å². The maximum Gasteiger partial charge on any atom is 0.309 e. The van der Waals surface area contributed by atoms with Gasteiger partial charge in [-0.05, 0) is 62.5 Å². The Morgan fingerprint density at radius 2 is 1.64 bits per heavy atom. The first-order chi connectivity index (χ1) is 20.4. The van der Waals surface area contributed by atoms with Crippen molar-refractivity contribution in [3.8, 4) is 0 Å². The van der Waals surface area contributed by atoms with Crippen LogP contribution in [0.3, 0.4) is 0 Å². The van der Waals surface area contributed by atoms with Crippen LogP contribution in [-0.4, -0.2) is 59.6 Å². The Kier molecular flexibility index (Phi) is 14.0. The number of hydrogen-bond donors (Lipinski definition) is 2. The number of rotatable bonds is 18. The average molecular weight is 575 g/mol. The molecule has 4 atom stereocenters. The van der Waals surface area contributed by atoms with Crippen LogP contribution in [0.5, 0.6) is 0 Å². The lowest BCUT2D eigenvalue weighted by Gasteiger charge is -2.29. The van der Waals surface area contributed by atoms with Gasteiger partial charge in [0.05, 0.1) is 30.5 Å². The fourth-order valence-corrected chi connectivity index (χ4v) is 5.58. The second-order valence-corrected chi connectivity index (χ2v) is 11.1. The zero-order valence-corrected chi connectivity index (χ0v) is 24.7. The number of allylic oxidation sites excluding steroid dienone is 2. The fourth-order valence-electron chi connectivity index (χ4n) is 5.58. The van der Waals surface area contributed by atoms with Crippen LogP contribution in [0.1, 0.15) is 56.1 Å². The van der Waals surface area contributed by atoms with Gasteiger partial charge in [0.2, 0.25) is 11.8 Å². The van der Waals surface area contributed by atoms with Crippen molar-refractivity contribution in [3.63, 3.8) is 0 Å². The monoisotopic (exact) mass is 574 g/mol. The number of ether oxygens (including phenoxy) is 1. The molecule has 42 heavy (non-hydrogen) atoms. The molecule has 0 bridgehead atoms. The number of hydrogen-bond acceptors (Lipinski definition) is 5. The number of nitrogens with zero attached hydrogens (tertiary/aromatic N) is 1. The number of carbonyl (C=O) groups excluding carboxylic acids is 3. The maximum atomic E-state index is 13.6. The van der Waals surface area contributed by atoms with E-state index in [1.165, 1.54) is 0 Å². The molecule has 0 aliphatic carbocycles. The second-order valence-electron chi connectivity index (χ2n) is 11.1. The van der Waals surface area contributed by atoms with Crippen LogP contribution in [-0.2, 0) is 32.0 Å². The van der Waals surface area contributed by atoms with Crippen LogP contribution in [0, 0.1) is 11.8 Å². The quantitative estimate of drug-likeness (QED) is 0.148. The minimum atomic E-state index is -0.570. The van der Waals surface area contributed by atoms with Gasteiger partial charge in [-0.1, -0.05) is 72.8 Å². The van der Waals surface area contributed by atoms with Crippen molar-refractivity contribution in [2.75, 3.05) is 19.8 Å². The zero-order valence-electron chi connectivity index (χ0n) is 24.7. The second kappa shape index (κ2) is 18.0. The van der Waals surface area contributed by atoms with Gasteiger partial charge in [-0.15, -0.1) is 13.2 Å². The summed E-state index contributed by atoms with van der Waals surface area (Å²) in [7, 11) is 0. The summed E-state index contributed by atoms with van der Waals surface area (Å²) in [6.07, 6.45) is 8.97. The van der Waals surface area contributed by atoms with Crippen molar-refractivity contribution in [1.29, 1.82) is 0 Å². The highest BCUT2D eigenvalue weighted by Crippen LogP contribution is 2.25. The number of amides is 2. The highest BCUT2D eigenvalue weighted by Gasteiger charge is 2.35. The third kappa shape index (κ3) is 10.6. The van der Waals surface area contributed by atoms with Gasteiger partial charge in [0, 0.05) is 13.0 Å². The Morgan fingerprint density at radius 1 is 0.976 bits per heavy atom. The standard InChI is InChI=1S/C35H46N2O5/c1-3-5-8-19-30(22-27-15-9-6-10-16-27)35(41)42-26-32-20-13-21-37(32)34(40)29(14-4-2)24-33(39)36-31(25-38)23-28-17-11-7-12-18-28/h3-4,6-7,9-12,15-18,29-32,38H,1-2,5,8,13-14,19-26H2,(H,36,39)/t29-,30-,31-,32+/m1/s1. The number of aliphatic hydroxyl groups excluding tert-OH is 1. The van der Waals surface area contributed by atoms with Crippen molar-refractivity contribution in [1.82, 2.24) is 10.2 Å². The first-order valence-corrected chi connectivity index (χ1v) is 15.1. The molecule has 7 nitrogen and oxygen atoms in total. The van der Waals surface area contributed by atoms with Crippen molar-refractivity contribution in [2.24, 2.45) is 11.8 Å². The van der Waals surface area contributed by atoms with E-state index in [0.717, 1.165) is 36.8 Å². The number of likely N-dealkylation sites (tertiary alicyclic amines) is 1. The van der Waals surface area contributed by atoms with Gasteiger partial charge in [0.25, 0.3) is 0 Å². The molecular formula is C35H46N2O5. The van der Waals surface area contributed by atoms with Gasteiger partial charge < -0.3 is 20.1 Å².